The molecular formula is C23H26FN3O2. The largest absolute Gasteiger partial charge is 0.339 e. The summed E-state index contributed by atoms with van der Waals surface area (Å²) < 4.78 is 14.2. The van der Waals surface area contributed by atoms with Gasteiger partial charge in [0.15, 0.2) is 0 Å². The maximum absolute atomic E-state index is 14.2. The maximum Gasteiger partial charge on any atom is 0.257 e. The number of fused-ring (bicyclic) bond motifs is 2. The first kappa shape index (κ1) is 19.6. The summed E-state index contributed by atoms with van der Waals surface area (Å²) in [4.78, 5) is 33.4. The summed E-state index contributed by atoms with van der Waals surface area (Å²) in [7, 11) is 0. The average Bonchev–Trinajstić information content (AvgIpc) is 2.99. The van der Waals surface area contributed by atoms with Crippen LogP contribution in [0.5, 0.6) is 0 Å². The van der Waals surface area contributed by atoms with Crippen molar-refractivity contribution in [1.29, 1.82) is 0 Å². The number of pyridine rings is 1. The molecule has 0 radical (unpaired) electrons. The third-order valence-electron chi connectivity index (χ3n) is 6.03. The molecule has 1 aromatic carbocycles. The highest BCUT2D eigenvalue weighted by molar-refractivity contribution is 5.95. The highest BCUT2D eigenvalue weighted by Crippen LogP contribution is 2.32. The van der Waals surface area contributed by atoms with Gasteiger partial charge in [0.25, 0.3) is 5.91 Å². The molecule has 2 saturated heterocycles. The van der Waals surface area contributed by atoms with Crippen molar-refractivity contribution in [1.82, 2.24) is 14.8 Å². The van der Waals surface area contributed by atoms with Crippen LogP contribution in [0.2, 0.25) is 0 Å². The van der Waals surface area contributed by atoms with Gasteiger partial charge in [-0.05, 0) is 62.4 Å². The van der Waals surface area contributed by atoms with E-state index < -0.39 is 5.82 Å². The number of likely N-dealkylation sites (tertiary alicyclic amines) is 1. The van der Waals surface area contributed by atoms with Gasteiger partial charge in [-0.15, -0.1) is 0 Å². The van der Waals surface area contributed by atoms with E-state index >= 15 is 0 Å². The van der Waals surface area contributed by atoms with Gasteiger partial charge in [0.2, 0.25) is 5.91 Å². The lowest BCUT2D eigenvalue weighted by molar-refractivity contribution is -0.134. The Morgan fingerprint density at radius 2 is 1.79 bits per heavy atom. The number of benzene rings is 1. The van der Waals surface area contributed by atoms with Crippen molar-refractivity contribution in [3.63, 3.8) is 0 Å². The van der Waals surface area contributed by atoms with Crippen molar-refractivity contribution in [3.8, 4) is 0 Å². The Hall–Kier alpha value is -2.76. The maximum atomic E-state index is 14.2. The van der Waals surface area contributed by atoms with Crippen molar-refractivity contribution in [2.24, 2.45) is 0 Å². The topological polar surface area (TPSA) is 53.5 Å². The van der Waals surface area contributed by atoms with E-state index in [-0.39, 0.29) is 29.5 Å². The van der Waals surface area contributed by atoms with Crippen LogP contribution in [-0.2, 0) is 11.2 Å². The quantitative estimate of drug-likeness (QED) is 0.780. The van der Waals surface area contributed by atoms with Crippen LogP contribution >= 0.6 is 0 Å². The fourth-order valence-corrected chi connectivity index (χ4v) is 4.53. The normalized spacial score (nSPS) is 20.8. The molecule has 2 aromatic rings. The van der Waals surface area contributed by atoms with E-state index in [2.05, 4.69) is 4.98 Å². The van der Waals surface area contributed by atoms with Gasteiger partial charge in [-0.25, -0.2) is 4.39 Å². The number of nitrogens with zero attached hydrogens (tertiary/aromatic N) is 3. The van der Waals surface area contributed by atoms with Crippen LogP contribution in [0, 0.1) is 12.7 Å². The highest BCUT2D eigenvalue weighted by atomic mass is 19.1. The molecule has 2 aliphatic heterocycles. The summed E-state index contributed by atoms with van der Waals surface area (Å²) in [6, 6.07) is 8.54. The van der Waals surface area contributed by atoms with E-state index in [0.717, 1.165) is 31.2 Å². The van der Waals surface area contributed by atoms with Crippen LogP contribution in [-0.4, -0.2) is 51.8 Å². The summed E-state index contributed by atoms with van der Waals surface area (Å²) in [6.07, 6.45) is 7.42. The molecule has 29 heavy (non-hydrogen) atoms. The standard InChI is InChI=1S/C23H26FN3O2/c1-16-5-8-21(24)20(13-16)23(29)27-18-6-7-19(27)15-26(14-18)22(28)4-2-3-17-9-11-25-12-10-17/h5,8-13,18-19H,2-4,6-7,14-15H2,1H3/t18-,19+. The summed E-state index contributed by atoms with van der Waals surface area (Å²) in [5.74, 6) is -0.581. The fourth-order valence-electron chi connectivity index (χ4n) is 4.53. The van der Waals surface area contributed by atoms with Gasteiger partial charge in [-0.2, -0.15) is 0 Å². The van der Waals surface area contributed by atoms with Crippen LogP contribution in [0.25, 0.3) is 0 Å². The van der Waals surface area contributed by atoms with Crippen molar-refractivity contribution in [2.45, 2.75) is 51.1 Å². The minimum atomic E-state index is -0.477. The molecule has 6 heteroatoms. The lowest BCUT2D eigenvalue weighted by Crippen LogP contribution is -2.57. The second kappa shape index (κ2) is 8.31. The Balaban J connectivity index is 1.36. The molecule has 1 aromatic heterocycles. The predicted molar refractivity (Wildman–Crippen MR) is 108 cm³/mol. The Labute approximate surface area is 170 Å². The van der Waals surface area contributed by atoms with Crippen molar-refractivity contribution in [3.05, 3.63) is 65.2 Å². The molecule has 0 saturated carbocycles. The molecule has 0 unspecified atom stereocenters. The van der Waals surface area contributed by atoms with E-state index in [1.807, 2.05) is 28.9 Å². The number of hydrogen-bond donors (Lipinski definition) is 0. The first-order valence-corrected chi connectivity index (χ1v) is 10.3. The van der Waals surface area contributed by atoms with E-state index in [9.17, 15) is 14.0 Å². The van der Waals surface area contributed by atoms with E-state index in [0.29, 0.717) is 19.5 Å². The predicted octanol–water partition coefficient (Wildman–Crippen LogP) is 3.37. The number of halogens is 1. The fraction of sp³-hybridized carbons (Fsp3) is 0.435. The van der Waals surface area contributed by atoms with Crippen LogP contribution in [0.15, 0.2) is 42.7 Å². The number of carbonyl (C=O) groups is 2. The van der Waals surface area contributed by atoms with Gasteiger partial charge in [0.05, 0.1) is 17.6 Å². The third kappa shape index (κ3) is 4.16. The minimum Gasteiger partial charge on any atom is -0.339 e. The van der Waals surface area contributed by atoms with Crippen molar-refractivity contribution < 1.29 is 14.0 Å². The Kier molecular flexibility index (Phi) is 5.60. The zero-order chi connectivity index (χ0) is 20.4. The van der Waals surface area contributed by atoms with Crippen LogP contribution in [0.1, 0.15) is 47.2 Å². The molecule has 2 fully saturated rings. The summed E-state index contributed by atoms with van der Waals surface area (Å²) >= 11 is 0. The highest BCUT2D eigenvalue weighted by Gasteiger charge is 2.44. The van der Waals surface area contributed by atoms with Gasteiger partial charge >= 0.3 is 0 Å². The van der Waals surface area contributed by atoms with Gasteiger partial charge in [0.1, 0.15) is 5.82 Å². The Morgan fingerprint density at radius 1 is 1.10 bits per heavy atom. The first-order valence-electron chi connectivity index (χ1n) is 10.3. The Bertz CT molecular complexity index is 888. The molecule has 0 aliphatic carbocycles. The number of aryl methyl sites for hydroxylation is 2. The van der Waals surface area contributed by atoms with Crippen molar-refractivity contribution >= 4 is 11.8 Å². The van der Waals surface area contributed by atoms with Crippen LogP contribution in [0.3, 0.4) is 0 Å². The van der Waals surface area contributed by atoms with Crippen LogP contribution < -0.4 is 0 Å². The minimum absolute atomic E-state index is 0.0229. The molecule has 2 bridgehead atoms. The van der Waals surface area contributed by atoms with Gasteiger partial charge in [-0.3, -0.25) is 14.6 Å². The molecule has 2 aliphatic rings. The summed E-state index contributed by atoms with van der Waals surface area (Å²) in [5.41, 5.74) is 2.19. The van der Waals surface area contributed by atoms with Gasteiger partial charge in [0, 0.05) is 31.9 Å². The molecule has 0 N–H and O–H groups in total. The van der Waals surface area contributed by atoms with E-state index in [1.54, 1.807) is 24.5 Å². The Morgan fingerprint density at radius 3 is 2.48 bits per heavy atom. The number of piperazine rings is 1. The SMILES string of the molecule is Cc1ccc(F)c(C(=O)N2[C@@H]3CC[C@H]2CN(C(=O)CCCc2ccncc2)C3)c1. The molecule has 2 amide bonds. The summed E-state index contributed by atoms with van der Waals surface area (Å²) in [5, 5.41) is 0. The number of carbonyl (C=O) groups excluding carboxylic acids is 2. The first-order chi connectivity index (χ1) is 14.0. The smallest absolute Gasteiger partial charge is 0.257 e. The molecule has 3 heterocycles. The monoisotopic (exact) mass is 395 g/mol. The number of rotatable bonds is 5. The number of hydrogen-bond acceptors (Lipinski definition) is 3. The summed E-state index contributed by atoms with van der Waals surface area (Å²) in [6.45, 7) is 2.95. The lowest BCUT2D eigenvalue weighted by Gasteiger charge is -2.41. The molecule has 0 spiro atoms. The molecule has 2 atom stereocenters. The molecule has 152 valence electrons. The van der Waals surface area contributed by atoms with E-state index in [4.69, 9.17) is 0 Å². The zero-order valence-electron chi connectivity index (χ0n) is 16.7. The third-order valence-corrected chi connectivity index (χ3v) is 6.03. The van der Waals surface area contributed by atoms with Crippen LogP contribution in [0.4, 0.5) is 4.39 Å². The lowest BCUT2D eigenvalue weighted by atomic mass is 10.1. The second-order valence-corrected chi connectivity index (χ2v) is 8.09. The molecule has 5 nitrogen and oxygen atoms in total. The number of amides is 2. The van der Waals surface area contributed by atoms with Crippen molar-refractivity contribution in [2.75, 3.05) is 13.1 Å². The molecular weight excluding hydrogens is 369 g/mol. The van der Waals surface area contributed by atoms with Gasteiger partial charge in [-0.1, -0.05) is 11.6 Å². The second-order valence-electron chi connectivity index (χ2n) is 8.09. The van der Waals surface area contributed by atoms with Gasteiger partial charge < -0.3 is 9.80 Å². The average molecular weight is 395 g/mol. The molecule has 4 rings (SSSR count). The number of aromatic nitrogens is 1. The van der Waals surface area contributed by atoms with E-state index in [1.165, 1.54) is 11.6 Å². The zero-order valence-corrected chi connectivity index (χ0v) is 16.7.